The van der Waals surface area contributed by atoms with E-state index < -0.39 is 5.60 Å². The zero-order valence-corrected chi connectivity index (χ0v) is 15.6. The minimum Gasteiger partial charge on any atom is -0.482 e. The molecule has 2 rings (SSSR count). The first kappa shape index (κ1) is 18.5. The second kappa shape index (κ2) is 7.85. The van der Waals surface area contributed by atoms with Gasteiger partial charge in [0.1, 0.15) is 11.4 Å². The summed E-state index contributed by atoms with van der Waals surface area (Å²) in [4.78, 5) is 0. The number of hydrogen-bond donors (Lipinski definition) is 1. The molecule has 2 unspecified atom stereocenters. The molecule has 2 aromatic rings. The fourth-order valence-electron chi connectivity index (χ4n) is 3.03. The first-order valence-electron chi connectivity index (χ1n) is 8.92. The standard InChI is InChI=1S/C22H31NO/c1-16(2)21(23)15-22(17(3)4,19-9-7-6-8-10-19)24-20-13-11-18(5)12-14-20/h6-14,16-17,21H,15,23H2,1-5H3. The zero-order chi connectivity index (χ0) is 17.7. The molecule has 2 nitrogen and oxygen atoms in total. The summed E-state index contributed by atoms with van der Waals surface area (Å²) >= 11 is 0. The van der Waals surface area contributed by atoms with Crippen LogP contribution in [-0.4, -0.2) is 6.04 Å². The van der Waals surface area contributed by atoms with Crippen LogP contribution in [0.15, 0.2) is 54.6 Å². The van der Waals surface area contributed by atoms with Gasteiger partial charge in [0.05, 0.1) is 0 Å². The van der Waals surface area contributed by atoms with Gasteiger partial charge in [-0.25, -0.2) is 0 Å². The lowest BCUT2D eigenvalue weighted by Gasteiger charge is -2.41. The highest BCUT2D eigenvalue weighted by Gasteiger charge is 2.40. The third-order valence-electron chi connectivity index (χ3n) is 4.91. The van der Waals surface area contributed by atoms with E-state index in [2.05, 4.69) is 83.1 Å². The second-order valence-corrected chi connectivity index (χ2v) is 7.44. The van der Waals surface area contributed by atoms with Gasteiger partial charge in [0.25, 0.3) is 0 Å². The van der Waals surface area contributed by atoms with Gasteiger partial charge in [0.2, 0.25) is 0 Å². The number of ether oxygens (including phenoxy) is 1. The summed E-state index contributed by atoms with van der Waals surface area (Å²) in [5, 5.41) is 0. The lowest BCUT2D eigenvalue weighted by molar-refractivity contribution is -0.00120. The molecule has 0 spiro atoms. The SMILES string of the molecule is Cc1ccc(OC(CC(N)C(C)C)(c2ccccc2)C(C)C)cc1. The van der Waals surface area contributed by atoms with Crippen molar-refractivity contribution in [3.63, 3.8) is 0 Å². The molecule has 0 aliphatic carbocycles. The molecule has 2 N–H and O–H groups in total. The summed E-state index contributed by atoms with van der Waals surface area (Å²) in [5.41, 5.74) is 8.47. The Morgan fingerprint density at radius 1 is 0.917 bits per heavy atom. The van der Waals surface area contributed by atoms with Gasteiger partial charge in [-0.05, 0) is 36.5 Å². The maximum absolute atomic E-state index is 6.65. The maximum atomic E-state index is 6.65. The average Bonchev–Trinajstić information content (AvgIpc) is 2.56. The van der Waals surface area contributed by atoms with Crippen molar-refractivity contribution in [3.05, 3.63) is 65.7 Å². The van der Waals surface area contributed by atoms with E-state index in [9.17, 15) is 0 Å². The van der Waals surface area contributed by atoms with E-state index in [1.807, 2.05) is 6.07 Å². The monoisotopic (exact) mass is 325 g/mol. The normalized spacial score (nSPS) is 15.3. The van der Waals surface area contributed by atoms with Crippen LogP contribution in [0.25, 0.3) is 0 Å². The van der Waals surface area contributed by atoms with E-state index in [1.165, 1.54) is 11.1 Å². The molecule has 24 heavy (non-hydrogen) atoms. The summed E-state index contributed by atoms with van der Waals surface area (Å²) in [6.07, 6.45) is 0.792. The largest absolute Gasteiger partial charge is 0.482 e. The van der Waals surface area contributed by atoms with Crippen LogP contribution in [0.4, 0.5) is 0 Å². The smallest absolute Gasteiger partial charge is 0.138 e. The molecule has 2 heteroatoms. The third-order valence-corrected chi connectivity index (χ3v) is 4.91. The van der Waals surface area contributed by atoms with Crippen LogP contribution in [0.2, 0.25) is 0 Å². The van der Waals surface area contributed by atoms with Crippen molar-refractivity contribution in [1.82, 2.24) is 0 Å². The lowest BCUT2D eigenvalue weighted by atomic mass is 9.76. The van der Waals surface area contributed by atoms with Crippen LogP contribution in [0.3, 0.4) is 0 Å². The predicted molar refractivity (Wildman–Crippen MR) is 102 cm³/mol. The molecule has 0 radical (unpaired) electrons. The summed E-state index contributed by atoms with van der Waals surface area (Å²) in [6, 6.07) is 18.9. The van der Waals surface area contributed by atoms with Gasteiger partial charge in [-0.2, -0.15) is 0 Å². The van der Waals surface area contributed by atoms with Crippen molar-refractivity contribution in [3.8, 4) is 5.75 Å². The van der Waals surface area contributed by atoms with Crippen molar-refractivity contribution < 1.29 is 4.74 Å². The summed E-state index contributed by atoms with van der Waals surface area (Å²) in [6.45, 7) is 10.9. The molecule has 0 fully saturated rings. The molecule has 0 saturated carbocycles. The highest BCUT2D eigenvalue weighted by molar-refractivity contribution is 5.31. The van der Waals surface area contributed by atoms with E-state index >= 15 is 0 Å². The fraction of sp³-hybridized carbons (Fsp3) is 0.455. The molecule has 0 saturated heterocycles. The number of hydrogen-bond acceptors (Lipinski definition) is 2. The van der Waals surface area contributed by atoms with E-state index in [0.717, 1.165) is 12.2 Å². The van der Waals surface area contributed by atoms with E-state index in [4.69, 9.17) is 10.5 Å². The first-order chi connectivity index (χ1) is 11.3. The highest BCUT2D eigenvalue weighted by atomic mass is 16.5. The van der Waals surface area contributed by atoms with Crippen molar-refractivity contribution in [2.45, 2.75) is 52.7 Å². The molecule has 2 aromatic carbocycles. The molecule has 0 amide bonds. The minimum absolute atomic E-state index is 0.0815. The third kappa shape index (κ3) is 4.18. The van der Waals surface area contributed by atoms with Crippen molar-refractivity contribution in [2.75, 3.05) is 0 Å². The van der Waals surface area contributed by atoms with Gasteiger partial charge in [-0.1, -0.05) is 75.7 Å². The number of benzene rings is 2. The average molecular weight is 325 g/mol. The first-order valence-corrected chi connectivity index (χ1v) is 8.92. The van der Waals surface area contributed by atoms with E-state index in [0.29, 0.717) is 11.8 Å². The van der Waals surface area contributed by atoms with Gasteiger partial charge in [0, 0.05) is 12.5 Å². The number of aryl methyl sites for hydroxylation is 1. The number of rotatable bonds is 7. The van der Waals surface area contributed by atoms with Crippen LogP contribution in [-0.2, 0) is 5.60 Å². The molecule has 2 atom stereocenters. The van der Waals surface area contributed by atoms with E-state index in [1.54, 1.807) is 0 Å². The fourth-order valence-corrected chi connectivity index (χ4v) is 3.03. The zero-order valence-electron chi connectivity index (χ0n) is 15.6. The van der Waals surface area contributed by atoms with Crippen molar-refractivity contribution in [2.24, 2.45) is 17.6 Å². The van der Waals surface area contributed by atoms with Gasteiger partial charge >= 0.3 is 0 Å². The Bertz CT molecular complexity index is 618. The Hall–Kier alpha value is -1.80. The van der Waals surface area contributed by atoms with Gasteiger partial charge < -0.3 is 10.5 Å². The van der Waals surface area contributed by atoms with Gasteiger partial charge in [-0.15, -0.1) is 0 Å². The minimum atomic E-state index is -0.430. The van der Waals surface area contributed by atoms with Crippen molar-refractivity contribution in [1.29, 1.82) is 0 Å². The van der Waals surface area contributed by atoms with Crippen LogP contribution < -0.4 is 10.5 Å². The van der Waals surface area contributed by atoms with Crippen LogP contribution in [0.5, 0.6) is 5.75 Å². The quantitative estimate of drug-likeness (QED) is 0.750. The van der Waals surface area contributed by atoms with Gasteiger partial charge in [0.15, 0.2) is 0 Å². The van der Waals surface area contributed by atoms with E-state index in [-0.39, 0.29) is 6.04 Å². The summed E-state index contributed by atoms with van der Waals surface area (Å²) in [5.74, 6) is 1.61. The molecular formula is C22H31NO. The molecule has 0 bridgehead atoms. The Morgan fingerprint density at radius 2 is 1.50 bits per heavy atom. The molecule has 0 heterocycles. The Morgan fingerprint density at radius 3 is 2.00 bits per heavy atom. The van der Waals surface area contributed by atoms with Crippen LogP contribution >= 0.6 is 0 Å². The highest BCUT2D eigenvalue weighted by Crippen LogP contribution is 2.39. The molecule has 0 aliphatic rings. The Labute approximate surface area is 147 Å². The number of nitrogens with two attached hydrogens (primary N) is 1. The Balaban J connectivity index is 2.46. The van der Waals surface area contributed by atoms with Crippen LogP contribution in [0.1, 0.15) is 45.2 Å². The molecule has 130 valence electrons. The van der Waals surface area contributed by atoms with Crippen molar-refractivity contribution >= 4 is 0 Å². The predicted octanol–water partition coefficient (Wildman–Crippen LogP) is 5.30. The molecular weight excluding hydrogens is 294 g/mol. The van der Waals surface area contributed by atoms with Crippen LogP contribution in [0, 0.1) is 18.8 Å². The maximum Gasteiger partial charge on any atom is 0.138 e. The second-order valence-electron chi connectivity index (χ2n) is 7.44. The summed E-state index contributed by atoms with van der Waals surface area (Å²) in [7, 11) is 0. The molecule has 0 aliphatic heterocycles. The topological polar surface area (TPSA) is 35.2 Å². The lowest BCUT2D eigenvalue weighted by Crippen LogP contribution is -2.45. The Kier molecular flexibility index (Phi) is 6.06. The summed E-state index contributed by atoms with van der Waals surface area (Å²) < 4.78 is 6.65. The molecule has 0 aromatic heterocycles. The van der Waals surface area contributed by atoms with Gasteiger partial charge in [-0.3, -0.25) is 0 Å².